The van der Waals surface area contributed by atoms with Crippen molar-refractivity contribution < 1.29 is 22.7 Å². The van der Waals surface area contributed by atoms with Gasteiger partial charge in [0, 0.05) is 23.5 Å². The zero-order valence-electron chi connectivity index (χ0n) is 25.6. The molecule has 0 unspecified atom stereocenters. The predicted octanol–water partition coefficient (Wildman–Crippen LogP) is 6.21. The van der Waals surface area contributed by atoms with Crippen LogP contribution in [0.5, 0.6) is 5.75 Å². The van der Waals surface area contributed by atoms with Gasteiger partial charge >= 0.3 is 0 Å². The van der Waals surface area contributed by atoms with Crippen LogP contribution in [0.25, 0.3) is 0 Å². The van der Waals surface area contributed by atoms with Crippen molar-refractivity contribution in [2.24, 2.45) is 0 Å². The van der Waals surface area contributed by atoms with Gasteiger partial charge in [-0.2, -0.15) is 0 Å². The number of halogens is 1. The Labute approximate surface area is 274 Å². The maximum atomic E-state index is 14.5. The topological polar surface area (TPSA) is 96.0 Å². The first-order chi connectivity index (χ1) is 21.6. The first-order valence-electron chi connectivity index (χ1n) is 14.8. The van der Waals surface area contributed by atoms with E-state index in [1.54, 1.807) is 36.4 Å². The molecule has 10 heteroatoms. The highest BCUT2D eigenvalue weighted by Gasteiger charge is 2.34. The van der Waals surface area contributed by atoms with Crippen LogP contribution in [0.1, 0.15) is 31.9 Å². The number of rotatable bonds is 14. The lowest BCUT2D eigenvalue weighted by molar-refractivity contribution is -0.140. The zero-order chi connectivity index (χ0) is 32.4. The first-order valence-corrected chi connectivity index (χ1v) is 17.0. The van der Waals surface area contributed by atoms with Gasteiger partial charge in [0.15, 0.2) is 0 Å². The zero-order valence-corrected chi connectivity index (χ0v) is 28.0. The summed E-state index contributed by atoms with van der Waals surface area (Å²) in [7, 11) is -4.20. The summed E-state index contributed by atoms with van der Waals surface area (Å²) in [5, 5.41) is 2.97. The molecule has 0 heterocycles. The van der Waals surface area contributed by atoms with Crippen LogP contribution in [0.3, 0.4) is 0 Å². The Bertz CT molecular complexity index is 1650. The minimum absolute atomic E-state index is 0.0281. The third-order valence-electron chi connectivity index (χ3n) is 7.01. The molecule has 0 spiro atoms. The molecule has 0 radical (unpaired) electrons. The van der Waals surface area contributed by atoms with Gasteiger partial charge in [0.1, 0.15) is 18.3 Å². The Hall–Kier alpha value is -4.15. The quantitative estimate of drug-likeness (QED) is 0.170. The van der Waals surface area contributed by atoms with Gasteiger partial charge in [0.05, 0.1) is 17.2 Å². The molecule has 0 saturated carbocycles. The molecule has 0 saturated heterocycles. The first kappa shape index (κ1) is 33.7. The number of amides is 2. The fourth-order valence-corrected chi connectivity index (χ4v) is 6.53. The van der Waals surface area contributed by atoms with E-state index < -0.39 is 28.5 Å². The summed E-state index contributed by atoms with van der Waals surface area (Å²) < 4.78 is 35.7. The van der Waals surface area contributed by atoms with Crippen LogP contribution in [-0.2, 0) is 32.6 Å². The number of hydrogen-bond acceptors (Lipinski definition) is 5. The molecule has 2 amide bonds. The van der Waals surface area contributed by atoms with Crippen LogP contribution in [-0.4, -0.2) is 50.4 Å². The molecule has 0 bridgehead atoms. The average Bonchev–Trinajstić information content (AvgIpc) is 3.03. The van der Waals surface area contributed by atoms with Gasteiger partial charge in [0.25, 0.3) is 10.0 Å². The summed E-state index contributed by atoms with van der Waals surface area (Å²) in [4.78, 5) is 29.7. The number of hydrogen-bond donors (Lipinski definition) is 1. The Morgan fingerprint density at radius 3 is 1.96 bits per heavy atom. The van der Waals surface area contributed by atoms with Crippen molar-refractivity contribution in [3.05, 3.63) is 125 Å². The van der Waals surface area contributed by atoms with E-state index in [0.717, 1.165) is 19.9 Å². The number of sulfonamides is 1. The highest BCUT2D eigenvalue weighted by molar-refractivity contribution is 9.10. The molecule has 236 valence electrons. The average molecular weight is 693 g/mol. The van der Waals surface area contributed by atoms with Crippen molar-refractivity contribution in [1.82, 2.24) is 10.2 Å². The van der Waals surface area contributed by atoms with Crippen LogP contribution in [0, 0.1) is 0 Å². The van der Waals surface area contributed by atoms with Crippen molar-refractivity contribution in [2.45, 2.75) is 50.7 Å². The highest BCUT2D eigenvalue weighted by Crippen LogP contribution is 2.28. The van der Waals surface area contributed by atoms with Crippen molar-refractivity contribution in [3.63, 3.8) is 0 Å². The van der Waals surface area contributed by atoms with Crippen LogP contribution in [0.4, 0.5) is 5.69 Å². The lowest BCUT2D eigenvalue weighted by atomic mass is 10.0. The van der Waals surface area contributed by atoms with Gasteiger partial charge in [-0.15, -0.1) is 0 Å². The lowest BCUT2D eigenvalue weighted by Gasteiger charge is -2.34. The molecule has 4 aromatic rings. The molecular formula is C35H38BrN3O5S. The van der Waals surface area contributed by atoms with Gasteiger partial charge in [-0.05, 0) is 80.4 Å². The largest absolute Gasteiger partial charge is 0.494 e. The molecule has 0 fully saturated rings. The highest BCUT2D eigenvalue weighted by atomic mass is 79.9. The summed E-state index contributed by atoms with van der Waals surface area (Å²) in [5.74, 6) is -0.262. The SMILES string of the molecule is CCOc1ccc(N(CC(=O)N(Cc2ccccc2)[C@@H](Cc2ccccc2)C(=O)NC(C)C)S(=O)(=O)c2ccc(Br)cc2)cc1. The van der Waals surface area contributed by atoms with E-state index in [9.17, 15) is 18.0 Å². The van der Waals surface area contributed by atoms with Gasteiger partial charge < -0.3 is 15.0 Å². The van der Waals surface area contributed by atoms with Crippen LogP contribution in [0.15, 0.2) is 119 Å². The molecule has 4 aromatic carbocycles. The van der Waals surface area contributed by atoms with Crippen molar-refractivity contribution in [2.75, 3.05) is 17.5 Å². The molecular weight excluding hydrogens is 654 g/mol. The number of carbonyl (C=O) groups is 2. The van der Waals surface area contributed by atoms with E-state index in [-0.39, 0.29) is 29.8 Å². The number of ether oxygens (including phenoxy) is 1. The second-order valence-electron chi connectivity index (χ2n) is 10.8. The van der Waals surface area contributed by atoms with E-state index in [1.807, 2.05) is 81.4 Å². The maximum Gasteiger partial charge on any atom is 0.264 e. The Balaban J connectivity index is 1.79. The number of carbonyl (C=O) groups excluding carboxylic acids is 2. The third-order valence-corrected chi connectivity index (χ3v) is 9.33. The molecule has 0 aromatic heterocycles. The van der Waals surface area contributed by atoms with Crippen molar-refractivity contribution in [3.8, 4) is 5.75 Å². The number of anilines is 1. The van der Waals surface area contributed by atoms with Gasteiger partial charge in [-0.3, -0.25) is 13.9 Å². The van der Waals surface area contributed by atoms with Gasteiger partial charge in [-0.1, -0.05) is 76.6 Å². The smallest absolute Gasteiger partial charge is 0.264 e. The monoisotopic (exact) mass is 691 g/mol. The van der Waals surface area contributed by atoms with E-state index >= 15 is 0 Å². The third kappa shape index (κ3) is 9.18. The van der Waals surface area contributed by atoms with E-state index in [1.165, 1.54) is 17.0 Å². The Morgan fingerprint density at radius 2 is 1.40 bits per heavy atom. The molecule has 0 aliphatic rings. The molecule has 4 rings (SSSR count). The molecule has 0 aliphatic heterocycles. The molecule has 1 atom stereocenters. The second-order valence-corrected chi connectivity index (χ2v) is 13.5. The molecule has 1 N–H and O–H groups in total. The summed E-state index contributed by atoms with van der Waals surface area (Å²) in [6.45, 7) is 5.62. The minimum Gasteiger partial charge on any atom is -0.494 e. The fourth-order valence-electron chi connectivity index (χ4n) is 4.85. The predicted molar refractivity (Wildman–Crippen MR) is 180 cm³/mol. The maximum absolute atomic E-state index is 14.5. The standard InChI is InChI=1S/C35H38BrN3O5S/c1-4-44-31-19-17-30(18-20-31)39(45(42,43)32-21-15-29(36)16-22-32)25-34(40)38(24-28-13-9-6-10-14-28)33(35(41)37-26(2)3)23-27-11-7-5-8-12-27/h5-22,26,33H,4,23-25H2,1-3H3,(H,37,41)/t33-/m0/s1. The molecule has 0 aliphatic carbocycles. The number of benzene rings is 4. The van der Waals surface area contributed by atoms with E-state index in [2.05, 4.69) is 21.2 Å². The van der Waals surface area contributed by atoms with E-state index in [0.29, 0.717) is 18.0 Å². The molecule has 8 nitrogen and oxygen atoms in total. The van der Waals surface area contributed by atoms with Crippen LogP contribution in [0.2, 0.25) is 0 Å². The minimum atomic E-state index is -4.20. The van der Waals surface area contributed by atoms with Gasteiger partial charge in [0.2, 0.25) is 11.8 Å². The van der Waals surface area contributed by atoms with Crippen LogP contribution >= 0.6 is 15.9 Å². The lowest BCUT2D eigenvalue weighted by Crippen LogP contribution is -2.54. The summed E-state index contributed by atoms with van der Waals surface area (Å²) in [6, 6.07) is 30.6. The summed E-state index contributed by atoms with van der Waals surface area (Å²) >= 11 is 3.36. The van der Waals surface area contributed by atoms with Crippen molar-refractivity contribution >= 4 is 43.5 Å². The fraction of sp³-hybridized carbons (Fsp3) is 0.257. The van der Waals surface area contributed by atoms with Crippen LogP contribution < -0.4 is 14.4 Å². The van der Waals surface area contributed by atoms with Crippen molar-refractivity contribution in [1.29, 1.82) is 0 Å². The summed E-state index contributed by atoms with van der Waals surface area (Å²) in [5.41, 5.74) is 1.98. The molecule has 45 heavy (non-hydrogen) atoms. The number of nitrogens with one attached hydrogen (secondary N) is 1. The number of nitrogens with zero attached hydrogens (tertiary/aromatic N) is 2. The summed E-state index contributed by atoms with van der Waals surface area (Å²) in [6.07, 6.45) is 0.250. The van der Waals surface area contributed by atoms with E-state index in [4.69, 9.17) is 4.74 Å². The normalized spacial score (nSPS) is 11.9. The van der Waals surface area contributed by atoms with Gasteiger partial charge in [-0.25, -0.2) is 8.42 Å². The Morgan fingerprint density at radius 1 is 0.822 bits per heavy atom. The second kappa shape index (κ2) is 15.7. The Kier molecular flexibility index (Phi) is 11.8.